The van der Waals surface area contributed by atoms with Crippen molar-refractivity contribution < 1.29 is 5.11 Å². The minimum Gasteiger partial charge on any atom is -0.506 e. The van der Waals surface area contributed by atoms with E-state index in [1.165, 1.54) is 5.56 Å². The SMILES string of the molecule is CN=C(NCc1ccnc(N(C)C)c1)N1CCN(c2ccccc2O)CC1.I. The van der Waals surface area contributed by atoms with Crippen molar-refractivity contribution in [1.29, 1.82) is 0 Å². The molecule has 2 heterocycles. The monoisotopic (exact) mass is 496 g/mol. The number of pyridine rings is 1. The first-order valence-corrected chi connectivity index (χ1v) is 9.19. The van der Waals surface area contributed by atoms with Gasteiger partial charge in [-0.25, -0.2) is 4.98 Å². The van der Waals surface area contributed by atoms with Gasteiger partial charge in [-0.2, -0.15) is 0 Å². The number of rotatable bonds is 4. The largest absolute Gasteiger partial charge is 0.506 e. The molecule has 1 aliphatic rings. The number of piperazine rings is 1. The van der Waals surface area contributed by atoms with Gasteiger partial charge in [-0.15, -0.1) is 24.0 Å². The van der Waals surface area contributed by atoms with Crippen LogP contribution in [-0.4, -0.2) is 68.3 Å². The number of hydrogen-bond acceptors (Lipinski definition) is 5. The molecule has 152 valence electrons. The molecule has 0 radical (unpaired) electrons. The lowest BCUT2D eigenvalue weighted by Gasteiger charge is -2.37. The van der Waals surface area contributed by atoms with Crippen LogP contribution in [0.2, 0.25) is 0 Å². The van der Waals surface area contributed by atoms with E-state index >= 15 is 0 Å². The molecule has 0 spiro atoms. The Morgan fingerprint density at radius 3 is 2.54 bits per heavy atom. The Balaban J connectivity index is 0.00000280. The van der Waals surface area contributed by atoms with Gasteiger partial charge >= 0.3 is 0 Å². The number of benzene rings is 1. The van der Waals surface area contributed by atoms with Gasteiger partial charge in [0, 0.05) is 60.1 Å². The molecule has 3 rings (SSSR count). The van der Waals surface area contributed by atoms with Crippen LogP contribution < -0.4 is 15.1 Å². The van der Waals surface area contributed by atoms with Crippen LogP contribution in [-0.2, 0) is 6.54 Å². The van der Waals surface area contributed by atoms with Gasteiger partial charge in [0.2, 0.25) is 0 Å². The first-order chi connectivity index (χ1) is 13.1. The van der Waals surface area contributed by atoms with E-state index in [1.807, 2.05) is 56.5 Å². The Bertz CT molecular complexity index is 790. The summed E-state index contributed by atoms with van der Waals surface area (Å²) in [4.78, 5) is 15.3. The average Bonchev–Trinajstić information content (AvgIpc) is 2.69. The molecule has 1 aliphatic heterocycles. The normalized spacial score (nSPS) is 14.5. The predicted molar refractivity (Wildman–Crippen MR) is 126 cm³/mol. The van der Waals surface area contributed by atoms with Crippen LogP contribution in [0, 0.1) is 0 Å². The first-order valence-electron chi connectivity index (χ1n) is 9.19. The van der Waals surface area contributed by atoms with E-state index in [9.17, 15) is 5.11 Å². The summed E-state index contributed by atoms with van der Waals surface area (Å²) in [6.07, 6.45) is 1.83. The number of guanidine groups is 1. The smallest absolute Gasteiger partial charge is 0.194 e. The Hall–Kier alpha value is -2.23. The van der Waals surface area contributed by atoms with E-state index in [4.69, 9.17) is 0 Å². The van der Waals surface area contributed by atoms with Crippen LogP contribution >= 0.6 is 24.0 Å². The number of nitrogens with one attached hydrogen (secondary N) is 1. The van der Waals surface area contributed by atoms with Gasteiger partial charge in [0.05, 0.1) is 5.69 Å². The van der Waals surface area contributed by atoms with Gasteiger partial charge in [-0.1, -0.05) is 12.1 Å². The maximum Gasteiger partial charge on any atom is 0.194 e. The maximum atomic E-state index is 10.1. The maximum absolute atomic E-state index is 10.1. The molecule has 2 aromatic rings. The van der Waals surface area contributed by atoms with Crippen molar-refractivity contribution >= 4 is 41.4 Å². The zero-order valence-electron chi connectivity index (χ0n) is 16.7. The number of hydrogen-bond donors (Lipinski definition) is 2. The van der Waals surface area contributed by atoms with E-state index in [2.05, 4.69) is 31.2 Å². The van der Waals surface area contributed by atoms with Gasteiger partial charge in [0.25, 0.3) is 0 Å². The number of aromatic nitrogens is 1. The van der Waals surface area contributed by atoms with E-state index in [-0.39, 0.29) is 24.0 Å². The van der Waals surface area contributed by atoms with Crippen molar-refractivity contribution in [2.24, 2.45) is 4.99 Å². The van der Waals surface area contributed by atoms with E-state index < -0.39 is 0 Å². The standard InChI is InChI=1S/C20H28N6O.HI/c1-21-20(23-15-16-8-9-22-19(14-16)24(2)3)26-12-10-25(11-13-26)17-6-4-5-7-18(17)27;/h4-9,14,27H,10-13,15H2,1-3H3,(H,21,23);1H. The molecule has 0 atom stereocenters. The molecular weight excluding hydrogens is 467 g/mol. The quantitative estimate of drug-likeness (QED) is 0.385. The summed E-state index contributed by atoms with van der Waals surface area (Å²) in [5.41, 5.74) is 2.07. The van der Waals surface area contributed by atoms with Gasteiger partial charge in [-0.05, 0) is 29.8 Å². The summed E-state index contributed by atoms with van der Waals surface area (Å²) < 4.78 is 0. The van der Waals surface area contributed by atoms with Crippen LogP contribution in [0.1, 0.15) is 5.56 Å². The predicted octanol–water partition coefficient (Wildman–Crippen LogP) is 2.37. The molecule has 0 unspecified atom stereocenters. The van der Waals surface area contributed by atoms with Crippen LogP contribution in [0.5, 0.6) is 5.75 Å². The molecule has 0 aliphatic carbocycles. The molecule has 1 fully saturated rings. The highest BCUT2D eigenvalue weighted by Gasteiger charge is 2.21. The summed E-state index contributed by atoms with van der Waals surface area (Å²) >= 11 is 0. The van der Waals surface area contributed by atoms with Crippen LogP contribution in [0.4, 0.5) is 11.5 Å². The number of halogens is 1. The summed E-state index contributed by atoms with van der Waals surface area (Å²) in [6, 6.07) is 11.6. The Morgan fingerprint density at radius 1 is 1.18 bits per heavy atom. The van der Waals surface area contributed by atoms with Gasteiger partial charge in [0.15, 0.2) is 5.96 Å². The van der Waals surface area contributed by atoms with Crippen molar-refractivity contribution in [1.82, 2.24) is 15.2 Å². The van der Waals surface area contributed by atoms with Crippen LogP contribution in [0.15, 0.2) is 47.6 Å². The van der Waals surface area contributed by atoms with Gasteiger partial charge in [0.1, 0.15) is 11.6 Å². The van der Waals surface area contributed by atoms with Crippen molar-refractivity contribution in [3.63, 3.8) is 0 Å². The van der Waals surface area contributed by atoms with Gasteiger partial charge < -0.3 is 25.1 Å². The first kappa shape index (κ1) is 22.1. The number of anilines is 2. The summed E-state index contributed by atoms with van der Waals surface area (Å²) in [5, 5.41) is 13.5. The fourth-order valence-corrected chi connectivity index (χ4v) is 3.22. The second-order valence-corrected chi connectivity index (χ2v) is 6.78. The zero-order chi connectivity index (χ0) is 19.2. The number of aromatic hydroxyl groups is 1. The molecule has 1 aromatic carbocycles. The molecule has 1 aromatic heterocycles. The highest BCUT2D eigenvalue weighted by atomic mass is 127. The van der Waals surface area contributed by atoms with Crippen molar-refractivity contribution in [2.45, 2.75) is 6.54 Å². The summed E-state index contributed by atoms with van der Waals surface area (Å²) in [6.45, 7) is 4.10. The molecule has 0 saturated carbocycles. The van der Waals surface area contributed by atoms with E-state index in [0.29, 0.717) is 12.3 Å². The molecule has 1 saturated heterocycles. The summed E-state index contributed by atoms with van der Waals surface area (Å²) in [7, 11) is 5.79. The minimum absolute atomic E-state index is 0. The third-order valence-electron chi connectivity index (χ3n) is 4.73. The molecule has 0 bridgehead atoms. The molecule has 7 nitrogen and oxygen atoms in total. The van der Waals surface area contributed by atoms with Crippen LogP contribution in [0.3, 0.4) is 0 Å². The molecular formula is C20H29IN6O. The fourth-order valence-electron chi connectivity index (χ4n) is 3.22. The zero-order valence-corrected chi connectivity index (χ0v) is 19.0. The fraction of sp³-hybridized carbons (Fsp3) is 0.400. The van der Waals surface area contributed by atoms with E-state index in [1.54, 1.807) is 6.07 Å². The Morgan fingerprint density at radius 2 is 1.89 bits per heavy atom. The minimum atomic E-state index is 0. The second kappa shape index (κ2) is 10.4. The number of phenols is 1. The van der Waals surface area contributed by atoms with Crippen molar-refractivity contribution in [2.75, 3.05) is 57.1 Å². The number of phenolic OH excluding ortho intramolecular Hbond substituents is 1. The molecule has 8 heteroatoms. The third kappa shape index (κ3) is 5.40. The molecule has 0 amide bonds. The second-order valence-electron chi connectivity index (χ2n) is 6.78. The average molecular weight is 496 g/mol. The number of nitrogens with zero attached hydrogens (tertiary/aromatic N) is 5. The Kier molecular flexibility index (Phi) is 8.16. The lowest BCUT2D eigenvalue weighted by Crippen LogP contribution is -2.52. The lowest BCUT2D eigenvalue weighted by atomic mass is 10.2. The lowest BCUT2D eigenvalue weighted by molar-refractivity contribution is 0.369. The Labute approximate surface area is 184 Å². The summed E-state index contributed by atoms with van der Waals surface area (Å²) in [5.74, 6) is 2.18. The number of para-hydroxylation sites is 2. The van der Waals surface area contributed by atoms with Crippen molar-refractivity contribution in [3.05, 3.63) is 48.2 Å². The molecule has 2 N–H and O–H groups in total. The molecule has 28 heavy (non-hydrogen) atoms. The van der Waals surface area contributed by atoms with Gasteiger partial charge in [-0.3, -0.25) is 4.99 Å². The highest BCUT2D eigenvalue weighted by Crippen LogP contribution is 2.27. The highest BCUT2D eigenvalue weighted by molar-refractivity contribution is 14.0. The van der Waals surface area contributed by atoms with E-state index in [0.717, 1.165) is 43.6 Å². The number of aliphatic imine (C=N–C) groups is 1. The van der Waals surface area contributed by atoms with Crippen molar-refractivity contribution in [3.8, 4) is 5.75 Å². The third-order valence-corrected chi connectivity index (χ3v) is 4.73. The van der Waals surface area contributed by atoms with Crippen LogP contribution in [0.25, 0.3) is 0 Å². The topological polar surface area (TPSA) is 67.2 Å².